The van der Waals surface area contributed by atoms with Gasteiger partial charge in [-0.2, -0.15) is 0 Å². The molecule has 1 rings (SSSR count). The molecule has 1 N–H and O–H groups in total. The topological polar surface area (TPSA) is 37.3 Å². The minimum absolute atomic E-state index is 0.517. The predicted molar refractivity (Wildman–Crippen MR) is 46.3 cm³/mol. The summed E-state index contributed by atoms with van der Waals surface area (Å²) in [5, 5.41) is 7.99. The summed E-state index contributed by atoms with van der Waals surface area (Å²) in [5.74, 6) is -2.27. The summed E-state index contributed by atoms with van der Waals surface area (Å²) < 4.78 is 26.1. The lowest BCUT2D eigenvalue weighted by molar-refractivity contribution is 0.0691. The molecule has 0 spiro atoms. The Balaban J connectivity index is 3.61. The molecule has 0 unspecified atom stereocenters. The quantitative estimate of drug-likeness (QED) is 0.578. The summed E-state index contributed by atoms with van der Waals surface area (Å²) in [4.78, 5) is 10.5. The first kappa shape index (κ1) is 10.5. The van der Waals surface area contributed by atoms with Crippen LogP contribution >= 0.6 is 11.6 Å². The van der Waals surface area contributed by atoms with Gasteiger partial charge in [-0.25, -0.2) is 13.6 Å². The number of carbonyl (C=O) groups is 1. The lowest BCUT2D eigenvalue weighted by atomic mass is 10.1. The molecule has 0 heterocycles. The van der Waals surface area contributed by atoms with Crippen molar-refractivity contribution >= 4 is 17.6 Å². The number of aromatic carboxylic acids is 1. The number of hydrogen-bond acceptors (Lipinski definition) is 1. The fourth-order valence-electron chi connectivity index (χ4n) is 0.886. The van der Waals surface area contributed by atoms with Crippen molar-refractivity contribution in [3.05, 3.63) is 33.9 Å². The molecular weight excluding hydrogens is 214 g/mol. The van der Waals surface area contributed by atoms with Crippen LogP contribution in [0.3, 0.4) is 0 Å². The van der Waals surface area contributed by atoms with E-state index in [0.29, 0.717) is 6.07 Å². The van der Waals surface area contributed by atoms with E-state index in [2.05, 4.69) is 0 Å². The van der Waals surface area contributed by atoms with Gasteiger partial charge in [0, 0.05) is 0 Å². The zero-order valence-electron chi connectivity index (χ0n) is 6.64. The van der Waals surface area contributed by atoms with Gasteiger partial charge in [0.1, 0.15) is 0 Å². The first-order valence-electron chi connectivity index (χ1n) is 3.36. The Hall–Kier alpha value is -1.60. The Morgan fingerprint density at radius 2 is 2.07 bits per heavy atom. The highest BCUT2D eigenvalue weighted by Crippen LogP contribution is 2.24. The molecule has 1 aromatic carbocycles. The smallest absolute Gasteiger partial charge is 0.338 e. The van der Waals surface area contributed by atoms with E-state index in [9.17, 15) is 13.6 Å². The third kappa shape index (κ3) is 1.54. The first-order chi connectivity index (χ1) is 6.49. The minimum Gasteiger partial charge on any atom is -0.478 e. The van der Waals surface area contributed by atoms with Gasteiger partial charge in [-0.3, -0.25) is 0 Å². The molecule has 0 aliphatic heterocycles. The lowest BCUT2D eigenvalue weighted by Gasteiger charge is -2.03. The van der Waals surface area contributed by atoms with Crippen LogP contribution in [0.1, 0.15) is 15.9 Å². The number of halogens is 3. The van der Waals surface area contributed by atoms with E-state index in [-0.39, 0.29) is 0 Å². The molecule has 0 aliphatic carbocycles. The molecule has 1 aromatic rings. The van der Waals surface area contributed by atoms with E-state index in [4.69, 9.17) is 23.1 Å². The van der Waals surface area contributed by atoms with Crippen LogP contribution in [0.25, 0.3) is 0 Å². The van der Waals surface area contributed by atoms with Gasteiger partial charge < -0.3 is 5.11 Å². The Morgan fingerprint density at radius 3 is 2.50 bits per heavy atom. The molecule has 0 bridgehead atoms. The van der Waals surface area contributed by atoms with Crippen LogP contribution < -0.4 is 0 Å². The minimum atomic E-state index is -1.55. The molecule has 2 nitrogen and oxygen atoms in total. The van der Waals surface area contributed by atoms with Gasteiger partial charge in [-0.05, 0) is 6.07 Å². The summed E-state index contributed by atoms with van der Waals surface area (Å²) in [6.45, 7) is 0. The number of benzene rings is 1. The zero-order valence-corrected chi connectivity index (χ0v) is 7.40. The predicted octanol–water partition coefficient (Wildman–Crippen LogP) is 2.30. The van der Waals surface area contributed by atoms with Gasteiger partial charge in [-0.1, -0.05) is 17.5 Å². The molecule has 14 heavy (non-hydrogen) atoms. The van der Waals surface area contributed by atoms with E-state index in [1.165, 1.54) is 0 Å². The van der Waals surface area contributed by atoms with Crippen LogP contribution in [0.15, 0.2) is 6.07 Å². The van der Waals surface area contributed by atoms with E-state index in [1.54, 1.807) is 5.92 Å². The Bertz CT molecular complexity index is 449. The maximum atomic E-state index is 13.1. The van der Waals surface area contributed by atoms with Gasteiger partial charge >= 0.3 is 5.97 Å². The molecule has 72 valence electrons. The van der Waals surface area contributed by atoms with Crippen molar-refractivity contribution in [1.29, 1.82) is 0 Å². The van der Waals surface area contributed by atoms with Crippen molar-refractivity contribution in [3.8, 4) is 12.3 Å². The van der Waals surface area contributed by atoms with Crippen molar-refractivity contribution in [3.63, 3.8) is 0 Å². The van der Waals surface area contributed by atoms with Gasteiger partial charge in [-0.15, -0.1) is 6.42 Å². The third-order valence-corrected chi connectivity index (χ3v) is 1.81. The fraction of sp³-hybridized carbons (Fsp3) is 0. The summed E-state index contributed by atoms with van der Waals surface area (Å²) in [7, 11) is 0. The highest BCUT2D eigenvalue weighted by Gasteiger charge is 2.19. The van der Waals surface area contributed by atoms with Crippen molar-refractivity contribution in [2.45, 2.75) is 0 Å². The maximum Gasteiger partial charge on any atom is 0.338 e. The highest BCUT2D eigenvalue weighted by atomic mass is 35.5. The number of terminal acetylenes is 1. The molecule has 0 radical (unpaired) electrons. The fourth-order valence-corrected chi connectivity index (χ4v) is 1.09. The molecule has 5 heteroatoms. The molecule has 0 saturated heterocycles. The Kier molecular flexibility index (Phi) is 2.73. The summed E-state index contributed by atoms with van der Waals surface area (Å²) in [6, 6.07) is 0.676. The number of hydrogen-bond donors (Lipinski definition) is 1. The molecule has 0 amide bonds. The zero-order chi connectivity index (χ0) is 10.9. The van der Waals surface area contributed by atoms with Crippen molar-refractivity contribution in [2.75, 3.05) is 0 Å². The van der Waals surface area contributed by atoms with Crippen LogP contribution in [-0.4, -0.2) is 11.1 Å². The maximum absolute atomic E-state index is 13.1. The molecule has 0 aromatic heterocycles. The number of carboxylic acids is 1. The summed E-state index contributed by atoms with van der Waals surface area (Å²) >= 11 is 5.31. The third-order valence-electron chi connectivity index (χ3n) is 1.53. The molecular formula is C9H3ClF2O2. The van der Waals surface area contributed by atoms with Crippen LogP contribution in [0, 0.1) is 24.0 Å². The second kappa shape index (κ2) is 3.64. The van der Waals surface area contributed by atoms with Crippen molar-refractivity contribution in [2.24, 2.45) is 0 Å². The summed E-state index contributed by atoms with van der Waals surface area (Å²) in [6.07, 6.45) is 4.81. The Labute approximate surface area is 83.1 Å². The van der Waals surface area contributed by atoms with Gasteiger partial charge in [0.25, 0.3) is 0 Å². The normalized spacial score (nSPS) is 9.57. The van der Waals surface area contributed by atoms with E-state index in [1.807, 2.05) is 0 Å². The average Bonchev–Trinajstić information content (AvgIpc) is 2.12. The number of carboxylic acid groups (broad SMARTS) is 1. The van der Waals surface area contributed by atoms with E-state index < -0.39 is 33.8 Å². The van der Waals surface area contributed by atoms with Gasteiger partial charge in [0.05, 0.1) is 16.1 Å². The standard InChI is InChI=1S/C9H3ClF2O2/c1-2-4-7(11)5(9(13)14)3-6(10)8(4)12/h1,3H,(H,13,14). The monoisotopic (exact) mass is 216 g/mol. The molecule has 0 aliphatic rings. The van der Waals surface area contributed by atoms with Crippen molar-refractivity contribution in [1.82, 2.24) is 0 Å². The molecule has 0 saturated carbocycles. The van der Waals surface area contributed by atoms with Gasteiger partial charge in [0.15, 0.2) is 11.6 Å². The van der Waals surface area contributed by atoms with E-state index in [0.717, 1.165) is 0 Å². The second-order valence-electron chi connectivity index (χ2n) is 2.36. The second-order valence-corrected chi connectivity index (χ2v) is 2.77. The van der Waals surface area contributed by atoms with Crippen LogP contribution in [0.5, 0.6) is 0 Å². The largest absolute Gasteiger partial charge is 0.478 e. The average molecular weight is 217 g/mol. The van der Waals surface area contributed by atoms with Crippen LogP contribution in [0.4, 0.5) is 8.78 Å². The Morgan fingerprint density at radius 1 is 1.50 bits per heavy atom. The van der Waals surface area contributed by atoms with Crippen LogP contribution in [0.2, 0.25) is 5.02 Å². The van der Waals surface area contributed by atoms with Crippen LogP contribution in [-0.2, 0) is 0 Å². The summed E-state index contributed by atoms with van der Waals surface area (Å²) in [5.41, 5.74) is -1.51. The lowest BCUT2D eigenvalue weighted by Crippen LogP contribution is -2.05. The van der Waals surface area contributed by atoms with E-state index >= 15 is 0 Å². The molecule has 0 atom stereocenters. The molecule has 0 fully saturated rings. The SMILES string of the molecule is C#Cc1c(F)c(Cl)cc(C(=O)O)c1F. The highest BCUT2D eigenvalue weighted by molar-refractivity contribution is 6.31. The van der Waals surface area contributed by atoms with Crippen molar-refractivity contribution < 1.29 is 18.7 Å². The first-order valence-corrected chi connectivity index (χ1v) is 3.74. The number of rotatable bonds is 1. The van der Waals surface area contributed by atoms with Gasteiger partial charge in [0.2, 0.25) is 0 Å².